The van der Waals surface area contributed by atoms with Crippen molar-refractivity contribution in [3.05, 3.63) is 46.5 Å². The highest BCUT2D eigenvalue weighted by Gasteiger charge is 2.45. The molecule has 1 saturated carbocycles. The van der Waals surface area contributed by atoms with Crippen LogP contribution in [0.3, 0.4) is 0 Å². The molecule has 1 aliphatic rings. The lowest BCUT2D eigenvalue weighted by Gasteiger charge is -2.29. The number of halogens is 1. The Morgan fingerprint density at radius 2 is 2.11 bits per heavy atom. The first-order chi connectivity index (χ1) is 8.70. The van der Waals surface area contributed by atoms with Crippen LogP contribution in [0.2, 0.25) is 0 Å². The summed E-state index contributed by atoms with van der Waals surface area (Å²) in [5.74, 6) is 0.683. The van der Waals surface area contributed by atoms with Gasteiger partial charge in [0.2, 0.25) is 0 Å². The van der Waals surface area contributed by atoms with Gasteiger partial charge in [0.25, 0.3) is 0 Å². The molecule has 2 aromatic rings. The molecule has 0 amide bonds. The summed E-state index contributed by atoms with van der Waals surface area (Å²) >= 11 is 3.41. The Hall–Kier alpha value is -1.20. The minimum atomic E-state index is -0.844. The molecule has 1 heterocycles. The van der Waals surface area contributed by atoms with Crippen molar-refractivity contribution in [1.82, 2.24) is 15.2 Å². The standard InChI is InChI=1S/C13H14BrN3O/c14-10-5-3-9(4-6-10)13(18)7-1-2-11(13)12-15-8-16-17-12/h3-6,8,11,18H,1-2,7H2,(H,15,16,17). The second-order valence-electron chi connectivity index (χ2n) is 4.73. The van der Waals surface area contributed by atoms with Crippen molar-refractivity contribution in [3.8, 4) is 0 Å². The molecular formula is C13H14BrN3O. The third kappa shape index (κ3) is 1.87. The zero-order valence-electron chi connectivity index (χ0n) is 9.81. The van der Waals surface area contributed by atoms with Crippen LogP contribution in [0.15, 0.2) is 35.1 Å². The summed E-state index contributed by atoms with van der Waals surface area (Å²) in [7, 11) is 0. The maximum Gasteiger partial charge on any atom is 0.156 e. The average Bonchev–Trinajstić information content (AvgIpc) is 2.99. The molecule has 0 spiro atoms. The number of aromatic amines is 1. The van der Waals surface area contributed by atoms with Crippen LogP contribution in [0.1, 0.15) is 36.6 Å². The monoisotopic (exact) mass is 307 g/mol. The van der Waals surface area contributed by atoms with Crippen molar-refractivity contribution >= 4 is 15.9 Å². The maximum absolute atomic E-state index is 11.0. The van der Waals surface area contributed by atoms with E-state index in [1.165, 1.54) is 0 Å². The molecule has 0 aliphatic heterocycles. The van der Waals surface area contributed by atoms with E-state index in [2.05, 4.69) is 31.1 Å². The summed E-state index contributed by atoms with van der Waals surface area (Å²) in [4.78, 5) is 4.20. The molecule has 1 fully saturated rings. The molecule has 94 valence electrons. The average molecular weight is 308 g/mol. The molecule has 5 heteroatoms. The third-order valence-electron chi connectivity index (χ3n) is 3.72. The van der Waals surface area contributed by atoms with Gasteiger partial charge in [-0.2, -0.15) is 5.10 Å². The van der Waals surface area contributed by atoms with Crippen molar-refractivity contribution in [3.63, 3.8) is 0 Å². The van der Waals surface area contributed by atoms with Gasteiger partial charge in [0.1, 0.15) is 6.33 Å². The number of hydrogen-bond acceptors (Lipinski definition) is 3. The predicted octanol–water partition coefficient (Wildman–Crippen LogP) is 2.72. The number of rotatable bonds is 2. The van der Waals surface area contributed by atoms with Gasteiger partial charge in [-0.3, -0.25) is 5.10 Å². The van der Waals surface area contributed by atoms with E-state index >= 15 is 0 Å². The van der Waals surface area contributed by atoms with Gasteiger partial charge in [-0.1, -0.05) is 28.1 Å². The summed E-state index contributed by atoms with van der Waals surface area (Å²) in [5, 5.41) is 17.8. The summed E-state index contributed by atoms with van der Waals surface area (Å²) in [6.45, 7) is 0. The highest BCUT2D eigenvalue weighted by atomic mass is 79.9. The maximum atomic E-state index is 11.0. The molecule has 0 bridgehead atoms. The Kier molecular flexibility index (Phi) is 2.95. The van der Waals surface area contributed by atoms with Crippen LogP contribution in [0, 0.1) is 0 Å². The van der Waals surface area contributed by atoms with Crippen molar-refractivity contribution in [2.75, 3.05) is 0 Å². The summed E-state index contributed by atoms with van der Waals surface area (Å²) < 4.78 is 1.02. The Bertz CT molecular complexity index is 526. The lowest BCUT2D eigenvalue weighted by Crippen LogP contribution is -2.29. The highest BCUT2D eigenvalue weighted by molar-refractivity contribution is 9.10. The second kappa shape index (κ2) is 4.48. The first-order valence-electron chi connectivity index (χ1n) is 6.04. The van der Waals surface area contributed by atoms with Gasteiger partial charge in [0.05, 0.1) is 11.5 Å². The van der Waals surface area contributed by atoms with Crippen molar-refractivity contribution in [1.29, 1.82) is 0 Å². The summed E-state index contributed by atoms with van der Waals surface area (Å²) in [5.41, 5.74) is 0.0982. The smallest absolute Gasteiger partial charge is 0.156 e. The first-order valence-corrected chi connectivity index (χ1v) is 6.83. The lowest BCUT2D eigenvalue weighted by atomic mass is 9.83. The number of hydrogen-bond donors (Lipinski definition) is 2. The molecule has 3 rings (SSSR count). The van der Waals surface area contributed by atoms with Gasteiger partial charge in [-0.05, 0) is 37.0 Å². The van der Waals surface area contributed by atoms with Crippen molar-refractivity contribution in [2.45, 2.75) is 30.8 Å². The minimum Gasteiger partial charge on any atom is -0.384 e. The van der Waals surface area contributed by atoms with Crippen LogP contribution >= 0.6 is 15.9 Å². The largest absolute Gasteiger partial charge is 0.384 e. The Labute approximate surface area is 114 Å². The van der Waals surface area contributed by atoms with E-state index in [0.717, 1.165) is 29.3 Å². The molecule has 4 nitrogen and oxygen atoms in total. The molecule has 18 heavy (non-hydrogen) atoms. The van der Waals surface area contributed by atoms with Gasteiger partial charge in [-0.25, -0.2) is 4.98 Å². The fourth-order valence-corrected chi connectivity index (χ4v) is 3.07. The predicted molar refractivity (Wildman–Crippen MR) is 71.0 cm³/mol. The number of H-pyrrole nitrogens is 1. The molecule has 1 aromatic heterocycles. The van der Waals surface area contributed by atoms with Gasteiger partial charge in [0, 0.05) is 4.47 Å². The van der Waals surface area contributed by atoms with Crippen LogP contribution in [-0.4, -0.2) is 20.3 Å². The normalized spacial score (nSPS) is 27.6. The number of aliphatic hydroxyl groups is 1. The molecule has 1 aliphatic carbocycles. The summed E-state index contributed by atoms with van der Waals surface area (Å²) in [6, 6.07) is 7.85. The number of nitrogens with zero attached hydrogens (tertiary/aromatic N) is 2. The minimum absolute atomic E-state index is 0.0232. The first kappa shape index (κ1) is 11.9. The van der Waals surface area contributed by atoms with Crippen molar-refractivity contribution < 1.29 is 5.11 Å². The van der Waals surface area contributed by atoms with Gasteiger partial charge >= 0.3 is 0 Å². The SMILES string of the molecule is OC1(c2ccc(Br)cc2)CCCC1c1nc[nH]n1. The Morgan fingerprint density at radius 1 is 1.33 bits per heavy atom. The quantitative estimate of drug-likeness (QED) is 0.897. The number of aromatic nitrogens is 3. The van der Waals surface area contributed by atoms with Crippen LogP contribution < -0.4 is 0 Å². The lowest BCUT2D eigenvalue weighted by molar-refractivity contribution is 0.0235. The van der Waals surface area contributed by atoms with Crippen molar-refractivity contribution in [2.24, 2.45) is 0 Å². The van der Waals surface area contributed by atoms with Crippen LogP contribution in [0.4, 0.5) is 0 Å². The molecule has 0 saturated heterocycles. The molecule has 0 radical (unpaired) electrons. The fraction of sp³-hybridized carbons (Fsp3) is 0.385. The molecule has 2 N–H and O–H groups in total. The highest BCUT2D eigenvalue weighted by Crippen LogP contribution is 2.48. The Balaban J connectivity index is 2.00. The van der Waals surface area contributed by atoms with E-state index in [9.17, 15) is 5.11 Å². The van der Waals surface area contributed by atoms with E-state index in [4.69, 9.17) is 0 Å². The van der Waals surface area contributed by atoms with Crippen LogP contribution in [0.5, 0.6) is 0 Å². The van der Waals surface area contributed by atoms with Gasteiger partial charge in [-0.15, -0.1) is 0 Å². The number of benzene rings is 1. The fourth-order valence-electron chi connectivity index (χ4n) is 2.80. The zero-order valence-corrected chi connectivity index (χ0v) is 11.4. The van der Waals surface area contributed by atoms with Gasteiger partial charge in [0.15, 0.2) is 5.82 Å². The van der Waals surface area contributed by atoms with E-state index < -0.39 is 5.60 Å². The number of nitrogens with one attached hydrogen (secondary N) is 1. The molecule has 1 aromatic carbocycles. The van der Waals surface area contributed by atoms with E-state index in [-0.39, 0.29) is 5.92 Å². The third-order valence-corrected chi connectivity index (χ3v) is 4.25. The van der Waals surface area contributed by atoms with E-state index in [1.54, 1.807) is 6.33 Å². The second-order valence-corrected chi connectivity index (χ2v) is 5.65. The van der Waals surface area contributed by atoms with E-state index in [1.807, 2.05) is 24.3 Å². The molecule has 2 unspecified atom stereocenters. The molecular weight excluding hydrogens is 294 g/mol. The van der Waals surface area contributed by atoms with E-state index in [0.29, 0.717) is 5.82 Å². The topological polar surface area (TPSA) is 61.8 Å². The summed E-state index contributed by atoms with van der Waals surface area (Å²) in [6.07, 6.45) is 4.24. The van der Waals surface area contributed by atoms with Crippen LogP contribution in [-0.2, 0) is 5.60 Å². The van der Waals surface area contributed by atoms with Gasteiger partial charge < -0.3 is 5.11 Å². The zero-order chi connectivity index (χ0) is 12.6. The Morgan fingerprint density at radius 3 is 2.78 bits per heavy atom. The molecule has 2 atom stereocenters. The van der Waals surface area contributed by atoms with Crippen LogP contribution in [0.25, 0.3) is 0 Å².